The Morgan fingerprint density at radius 1 is 0.821 bits per heavy atom. The molecule has 1 aromatic carbocycles. The quantitative estimate of drug-likeness (QED) is 0.334. The Bertz CT molecular complexity index is 1180. The van der Waals surface area contributed by atoms with Crippen LogP contribution in [0, 0.1) is 11.8 Å². The van der Waals surface area contributed by atoms with Crippen LogP contribution in [-0.4, -0.2) is 85.1 Å². The van der Waals surface area contributed by atoms with Crippen LogP contribution in [0.5, 0.6) is 0 Å². The number of fused-ring (bicyclic) bond motifs is 1. The monoisotopic (exact) mass is 534 g/mol. The number of hydrogen-bond donors (Lipinski definition) is 1. The molecule has 206 valence electrons. The van der Waals surface area contributed by atoms with Gasteiger partial charge in [-0.25, -0.2) is 5.43 Å². The molecule has 2 amide bonds. The molecule has 1 N–H and O–H groups in total. The molecule has 4 fully saturated rings. The Morgan fingerprint density at radius 3 is 1.85 bits per heavy atom. The van der Waals surface area contributed by atoms with Gasteiger partial charge >= 0.3 is 0 Å². The van der Waals surface area contributed by atoms with Crippen molar-refractivity contribution < 1.29 is 19.1 Å². The van der Waals surface area contributed by atoms with Crippen LogP contribution in [0.15, 0.2) is 29.4 Å². The van der Waals surface area contributed by atoms with Gasteiger partial charge < -0.3 is 19.3 Å². The lowest BCUT2D eigenvalue weighted by molar-refractivity contribution is -0.122. The number of benzene rings is 1. The first kappa shape index (κ1) is 25.6. The van der Waals surface area contributed by atoms with Crippen LogP contribution in [0.2, 0.25) is 0 Å². The van der Waals surface area contributed by atoms with Crippen molar-refractivity contribution in [2.45, 2.75) is 32.6 Å². The summed E-state index contributed by atoms with van der Waals surface area (Å²) in [6.45, 7) is 7.25. The van der Waals surface area contributed by atoms with Gasteiger partial charge in [0.1, 0.15) is 0 Å². The number of nitrogens with zero attached hydrogens (tertiary/aromatic N) is 7. The second kappa shape index (κ2) is 11.2. The van der Waals surface area contributed by atoms with Gasteiger partial charge in [0.2, 0.25) is 29.7 Å². The van der Waals surface area contributed by atoms with Gasteiger partial charge in [-0.2, -0.15) is 20.1 Å². The van der Waals surface area contributed by atoms with Gasteiger partial charge in [0, 0.05) is 26.2 Å². The number of imide groups is 1. The number of carbonyl (C=O) groups is 2. The van der Waals surface area contributed by atoms with Crippen LogP contribution in [0.3, 0.4) is 0 Å². The first-order valence-electron chi connectivity index (χ1n) is 13.8. The molecule has 39 heavy (non-hydrogen) atoms. The van der Waals surface area contributed by atoms with Crippen molar-refractivity contribution in [2.24, 2.45) is 16.9 Å². The predicted octanol–water partition coefficient (Wildman–Crippen LogP) is 2.06. The minimum absolute atomic E-state index is 0.0634. The van der Waals surface area contributed by atoms with E-state index >= 15 is 0 Å². The molecule has 3 aliphatic heterocycles. The predicted molar refractivity (Wildman–Crippen MR) is 146 cm³/mol. The molecule has 1 aliphatic carbocycles. The lowest BCUT2D eigenvalue weighted by Gasteiger charge is -2.30. The summed E-state index contributed by atoms with van der Waals surface area (Å²) >= 11 is 0. The number of amides is 2. The highest BCUT2D eigenvalue weighted by Crippen LogP contribution is 2.40. The molecule has 1 aromatic heterocycles. The standard InChI is InChI=1S/C27H34N8O4/c1-18(19-6-8-20(9-7-19)35-23(36)21-4-2-3-5-22(21)24(35)37)31-32-25-28-26(33-10-14-38-15-11-33)30-27(29-25)34-12-16-39-17-13-34/h6-9,21-22H,2-5,10-17H2,1H3,(H,28,29,30,32)/b31-18-/t21-,22-/m0/s1. The Hall–Kier alpha value is -3.64. The van der Waals surface area contributed by atoms with Crippen LogP contribution < -0.4 is 20.1 Å². The summed E-state index contributed by atoms with van der Waals surface area (Å²) in [6, 6.07) is 7.39. The summed E-state index contributed by atoms with van der Waals surface area (Å²) in [4.78, 5) is 45.4. The summed E-state index contributed by atoms with van der Waals surface area (Å²) in [6.07, 6.45) is 3.63. The van der Waals surface area contributed by atoms with Gasteiger partial charge in [0.15, 0.2) is 0 Å². The van der Waals surface area contributed by atoms with Crippen LogP contribution >= 0.6 is 0 Å². The van der Waals surface area contributed by atoms with Crippen molar-refractivity contribution in [2.75, 3.05) is 72.7 Å². The molecule has 0 bridgehead atoms. The lowest BCUT2D eigenvalue weighted by Crippen LogP contribution is -2.40. The Balaban J connectivity index is 1.19. The van der Waals surface area contributed by atoms with Crippen molar-refractivity contribution in [3.05, 3.63) is 29.8 Å². The molecule has 2 atom stereocenters. The van der Waals surface area contributed by atoms with Crippen molar-refractivity contribution in [3.63, 3.8) is 0 Å². The molecule has 4 aliphatic rings. The van der Waals surface area contributed by atoms with E-state index in [4.69, 9.17) is 14.5 Å². The van der Waals surface area contributed by atoms with E-state index < -0.39 is 0 Å². The van der Waals surface area contributed by atoms with E-state index in [0.29, 0.717) is 76.1 Å². The minimum atomic E-state index is -0.163. The fourth-order valence-electron chi connectivity index (χ4n) is 5.68. The maximum atomic E-state index is 12.9. The normalized spacial score (nSPS) is 24.2. The van der Waals surface area contributed by atoms with E-state index in [1.807, 2.05) is 31.2 Å². The first-order chi connectivity index (χ1) is 19.1. The third kappa shape index (κ3) is 5.30. The van der Waals surface area contributed by atoms with E-state index in [1.165, 1.54) is 4.90 Å². The van der Waals surface area contributed by atoms with E-state index in [1.54, 1.807) is 0 Å². The van der Waals surface area contributed by atoms with E-state index in [0.717, 1.165) is 37.0 Å². The van der Waals surface area contributed by atoms with Gasteiger partial charge in [-0.3, -0.25) is 14.5 Å². The Morgan fingerprint density at radius 2 is 1.33 bits per heavy atom. The van der Waals surface area contributed by atoms with E-state index in [9.17, 15) is 9.59 Å². The molecule has 4 heterocycles. The molecule has 0 spiro atoms. The van der Waals surface area contributed by atoms with Gasteiger partial charge in [-0.05, 0) is 37.5 Å². The van der Waals surface area contributed by atoms with Crippen LogP contribution in [0.1, 0.15) is 38.2 Å². The van der Waals surface area contributed by atoms with E-state index in [2.05, 4.69) is 30.3 Å². The molecule has 0 unspecified atom stereocenters. The first-order valence-corrected chi connectivity index (χ1v) is 13.8. The second-order valence-electron chi connectivity index (χ2n) is 10.3. The number of carbonyl (C=O) groups excluding carboxylic acids is 2. The zero-order chi connectivity index (χ0) is 26.8. The fourth-order valence-corrected chi connectivity index (χ4v) is 5.68. The van der Waals surface area contributed by atoms with Crippen molar-refractivity contribution in [3.8, 4) is 0 Å². The molecule has 0 radical (unpaired) electrons. The molecule has 12 heteroatoms. The maximum absolute atomic E-state index is 12.9. The van der Waals surface area contributed by atoms with Crippen molar-refractivity contribution in [1.29, 1.82) is 0 Å². The summed E-state index contributed by atoms with van der Waals surface area (Å²) in [5.41, 5.74) is 5.21. The lowest BCUT2D eigenvalue weighted by atomic mass is 9.81. The average Bonchev–Trinajstić information content (AvgIpc) is 3.26. The largest absolute Gasteiger partial charge is 0.378 e. The number of anilines is 4. The number of hydrazone groups is 1. The second-order valence-corrected chi connectivity index (χ2v) is 10.3. The average molecular weight is 535 g/mol. The summed E-state index contributed by atoms with van der Waals surface area (Å²) in [5, 5.41) is 4.53. The van der Waals surface area contributed by atoms with Crippen LogP contribution in [-0.2, 0) is 19.1 Å². The Kier molecular flexibility index (Phi) is 7.38. The number of nitrogens with one attached hydrogen (secondary N) is 1. The van der Waals surface area contributed by atoms with Crippen LogP contribution in [0.4, 0.5) is 23.5 Å². The molecule has 1 saturated carbocycles. The van der Waals surface area contributed by atoms with Gasteiger partial charge in [0.25, 0.3) is 0 Å². The maximum Gasteiger partial charge on any atom is 0.250 e. The molecular formula is C27H34N8O4. The SMILES string of the molecule is C/C(=N/Nc1nc(N2CCOCC2)nc(N2CCOCC2)n1)c1ccc(N2C(=O)[C@H]3CCCC[C@@H]3C2=O)cc1. The topological polar surface area (TPSA) is 125 Å². The zero-order valence-corrected chi connectivity index (χ0v) is 22.2. The van der Waals surface area contributed by atoms with Crippen molar-refractivity contribution >= 4 is 41.1 Å². The number of morpholine rings is 2. The minimum Gasteiger partial charge on any atom is -0.378 e. The molecule has 12 nitrogen and oxygen atoms in total. The Labute approximate surface area is 227 Å². The highest BCUT2D eigenvalue weighted by molar-refractivity contribution is 6.22. The van der Waals surface area contributed by atoms with Gasteiger partial charge in [-0.1, -0.05) is 25.0 Å². The molecular weight excluding hydrogens is 500 g/mol. The molecule has 3 saturated heterocycles. The van der Waals surface area contributed by atoms with Crippen molar-refractivity contribution in [1.82, 2.24) is 15.0 Å². The number of hydrogen-bond acceptors (Lipinski definition) is 11. The third-order valence-corrected chi connectivity index (χ3v) is 7.91. The highest BCUT2D eigenvalue weighted by atomic mass is 16.5. The number of rotatable bonds is 6. The number of ether oxygens (including phenoxy) is 2. The molecule has 2 aromatic rings. The smallest absolute Gasteiger partial charge is 0.250 e. The summed E-state index contributed by atoms with van der Waals surface area (Å²) in [5.74, 6) is 1.09. The van der Waals surface area contributed by atoms with Gasteiger partial charge in [0.05, 0.1) is 49.7 Å². The summed E-state index contributed by atoms with van der Waals surface area (Å²) in [7, 11) is 0. The van der Waals surface area contributed by atoms with Crippen LogP contribution in [0.25, 0.3) is 0 Å². The fraction of sp³-hybridized carbons (Fsp3) is 0.556. The van der Waals surface area contributed by atoms with E-state index in [-0.39, 0.29) is 23.7 Å². The zero-order valence-electron chi connectivity index (χ0n) is 22.2. The third-order valence-electron chi connectivity index (χ3n) is 7.91. The highest BCUT2D eigenvalue weighted by Gasteiger charge is 2.48. The summed E-state index contributed by atoms with van der Waals surface area (Å²) < 4.78 is 11.0. The number of aromatic nitrogens is 3. The molecule has 6 rings (SSSR count). The van der Waals surface area contributed by atoms with Gasteiger partial charge in [-0.15, -0.1) is 0 Å².